The predicted molar refractivity (Wildman–Crippen MR) is 155 cm³/mol. The van der Waals surface area contributed by atoms with Gasteiger partial charge in [0.1, 0.15) is 5.75 Å². The number of amides is 2. The highest BCUT2D eigenvalue weighted by Crippen LogP contribution is 2.39. The molecule has 7 nitrogen and oxygen atoms in total. The molecule has 0 aliphatic carbocycles. The van der Waals surface area contributed by atoms with Crippen LogP contribution in [-0.4, -0.2) is 39.9 Å². The van der Waals surface area contributed by atoms with E-state index in [4.69, 9.17) is 17.0 Å². The van der Waals surface area contributed by atoms with Crippen molar-refractivity contribution in [2.75, 3.05) is 18.4 Å². The first-order chi connectivity index (χ1) is 18.9. The quantitative estimate of drug-likeness (QED) is 0.285. The van der Waals surface area contributed by atoms with Gasteiger partial charge in [-0.2, -0.15) is 0 Å². The van der Waals surface area contributed by atoms with Crippen LogP contribution in [0.15, 0.2) is 72.9 Å². The van der Waals surface area contributed by atoms with Crippen LogP contribution in [0.5, 0.6) is 11.5 Å². The standard InChI is InChI=1S/C29H25FN4O3S2/c1-18(35)34-13-10-20(11-14-34)26-17-23-28(39-26)25(9-12-31-23)37-24-8-7-21(16-22(24)30)32-29(38)33-27(36)15-19-5-3-2-4-6-19/h2-10,12,16-17H,11,13-15H2,1H3,(H2,32,33,36,38). The zero-order valence-corrected chi connectivity index (χ0v) is 22.7. The number of nitrogens with one attached hydrogen (secondary N) is 2. The maximum absolute atomic E-state index is 15.0. The number of hydrogen-bond acceptors (Lipinski definition) is 6. The van der Waals surface area contributed by atoms with Crippen molar-refractivity contribution in [1.29, 1.82) is 0 Å². The molecule has 0 saturated heterocycles. The molecule has 0 fully saturated rings. The van der Waals surface area contributed by atoms with Gasteiger partial charge < -0.3 is 20.3 Å². The van der Waals surface area contributed by atoms with E-state index in [1.807, 2.05) is 36.4 Å². The molecule has 0 saturated carbocycles. The average molecular weight is 561 g/mol. The van der Waals surface area contributed by atoms with Gasteiger partial charge in [0, 0.05) is 48.9 Å². The SMILES string of the molecule is CC(=O)N1CC=C(c2cc3nccc(Oc4ccc(NC(=S)NC(=O)Cc5ccccc5)cc4F)c3s2)CC1. The third-order valence-electron chi connectivity index (χ3n) is 6.22. The summed E-state index contributed by atoms with van der Waals surface area (Å²) in [7, 11) is 0. The van der Waals surface area contributed by atoms with Gasteiger partial charge in [-0.1, -0.05) is 36.4 Å². The molecule has 0 atom stereocenters. The number of benzene rings is 2. The Balaban J connectivity index is 1.25. The van der Waals surface area contributed by atoms with E-state index >= 15 is 0 Å². The van der Waals surface area contributed by atoms with Crippen molar-refractivity contribution in [2.24, 2.45) is 0 Å². The number of carbonyl (C=O) groups is 2. The highest BCUT2D eigenvalue weighted by atomic mass is 32.1. The van der Waals surface area contributed by atoms with Crippen LogP contribution in [0.1, 0.15) is 23.8 Å². The van der Waals surface area contributed by atoms with Crippen LogP contribution in [-0.2, 0) is 16.0 Å². The largest absolute Gasteiger partial charge is 0.453 e. The van der Waals surface area contributed by atoms with Gasteiger partial charge in [0.05, 0.1) is 16.6 Å². The van der Waals surface area contributed by atoms with Crippen molar-refractivity contribution in [3.63, 3.8) is 0 Å². The summed E-state index contributed by atoms with van der Waals surface area (Å²) in [5, 5.41) is 5.52. The van der Waals surface area contributed by atoms with Crippen LogP contribution in [0, 0.1) is 5.82 Å². The van der Waals surface area contributed by atoms with Gasteiger partial charge in [-0.15, -0.1) is 11.3 Å². The van der Waals surface area contributed by atoms with E-state index in [2.05, 4.69) is 21.7 Å². The normalized spacial score (nSPS) is 13.1. The Morgan fingerprint density at radius 1 is 1.13 bits per heavy atom. The molecule has 2 N–H and O–H groups in total. The minimum Gasteiger partial charge on any atom is -0.453 e. The van der Waals surface area contributed by atoms with Crippen LogP contribution in [0.3, 0.4) is 0 Å². The van der Waals surface area contributed by atoms with E-state index in [0.717, 1.165) is 32.7 Å². The third kappa shape index (κ3) is 6.47. The minimum absolute atomic E-state index is 0.0519. The number of carbonyl (C=O) groups excluding carboxylic acids is 2. The van der Waals surface area contributed by atoms with Gasteiger partial charge in [-0.3, -0.25) is 14.6 Å². The Morgan fingerprint density at radius 2 is 1.95 bits per heavy atom. The zero-order valence-electron chi connectivity index (χ0n) is 21.1. The first kappa shape index (κ1) is 26.5. The van der Waals surface area contributed by atoms with E-state index in [9.17, 15) is 14.0 Å². The summed E-state index contributed by atoms with van der Waals surface area (Å²) in [6.07, 6.45) is 4.64. The maximum Gasteiger partial charge on any atom is 0.230 e. The average Bonchev–Trinajstić information content (AvgIpc) is 3.36. The van der Waals surface area contributed by atoms with E-state index in [-0.39, 0.29) is 29.1 Å². The highest BCUT2D eigenvalue weighted by Gasteiger charge is 2.18. The molecule has 5 rings (SSSR count). The molecule has 2 amide bonds. The fourth-order valence-electron chi connectivity index (χ4n) is 4.23. The second-order valence-corrected chi connectivity index (χ2v) is 10.5. The molecular formula is C29H25FN4O3S2. The van der Waals surface area contributed by atoms with Crippen LogP contribution in [0.2, 0.25) is 0 Å². The molecule has 4 aromatic rings. The summed E-state index contributed by atoms with van der Waals surface area (Å²) in [6.45, 7) is 2.84. The van der Waals surface area contributed by atoms with Crippen molar-refractivity contribution in [2.45, 2.75) is 19.8 Å². The lowest BCUT2D eigenvalue weighted by Crippen LogP contribution is -2.35. The number of rotatable bonds is 6. The molecule has 0 spiro atoms. The number of fused-ring (bicyclic) bond motifs is 1. The Labute approximate surface area is 234 Å². The number of aromatic nitrogens is 1. The van der Waals surface area contributed by atoms with Gasteiger partial charge in [0.15, 0.2) is 16.7 Å². The lowest BCUT2D eigenvalue weighted by molar-refractivity contribution is -0.128. The van der Waals surface area contributed by atoms with Crippen LogP contribution in [0.25, 0.3) is 15.8 Å². The maximum atomic E-state index is 15.0. The summed E-state index contributed by atoms with van der Waals surface area (Å²) in [4.78, 5) is 31.2. The first-order valence-corrected chi connectivity index (χ1v) is 13.5. The number of halogens is 1. The van der Waals surface area contributed by atoms with Crippen molar-refractivity contribution in [1.82, 2.24) is 15.2 Å². The van der Waals surface area contributed by atoms with Gasteiger partial charge in [-0.05, 0) is 48.0 Å². The predicted octanol–water partition coefficient (Wildman–Crippen LogP) is 5.92. The van der Waals surface area contributed by atoms with Gasteiger partial charge in [0.25, 0.3) is 0 Å². The van der Waals surface area contributed by atoms with Crippen LogP contribution in [0.4, 0.5) is 10.1 Å². The van der Waals surface area contributed by atoms with Crippen molar-refractivity contribution < 1.29 is 18.7 Å². The van der Waals surface area contributed by atoms with Crippen molar-refractivity contribution >= 4 is 62.0 Å². The number of ether oxygens (including phenoxy) is 1. The smallest absolute Gasteiger partial charge is 0.230 e. The van der Waals surface area contributed by atoms with E-state index in [1.165, 1.54) is 23.5 Å². The molecule has 0 radical (unpaired) electrons. The molecule has 10 heteroatoms. The second kappa shape index (κ2) is 11.7. The third-order valence-corrected chi connectivity index (χ3v) is 7.64. The monoisotopic (exact) mass is 560 g/mol. The topological polar surface area (TPSA) is 83.6 Å². The van der Waals surface area contributed by atoms with Gasteiger partial charge in [0.2, 0.25) is 11.8 Å². The summed E-state index contributed by atoms with van der Waals surface area (Å²) in [5.41, 5.74) is 3.17. The minimum atomic E-state index is -0.584. The molecule has 3 heterocycles. The van der Waals surface area contributed by atoms with E-state index < -0.39 is 5.82 Å². The lowest BCUT2D eigenvalue weighted by atomic mass is 10.1. The molecule has 2 aromatic heterocycles. The van der Waals surface area contributed by atoms with E-state index in [1.54, 1.807) is 30.2 Å². The summed E-state index contributed by atoms with van der Waals surface area (Å²) >= 11 is 6.74. The Kier molecular flexibility index (Phi) is 7.94. The van der Waals surface area contributed by atoms with Crippen molar-refractivity contribution in [3.05, 3.63) is 89.2 Å². The number of thiophene rings is 1. The van der Waals surface area contributed by atoms with Gasteiger partial charge >= 0.3 is 0 Å². The summed E-state index contributed by atoms with van der Waals surface area (Å²) in [5.74, 6) is -0.231. The molecule has 1 aliphatic rings. The number of anilines is 1. The molecular weight excluding hydrogens is 535 g/mol. The number of thiocarbonyl (C=S) groups is 1. The lowest BCUT2D eigenvalue weighted by Gasteiger charge is -2.24. The number of nitrogens with zero attached hydrogens (tertiary/aromatic N) is 2. The van der Waals surface area contributed by atoms with Crippen molar-refractivity contribution in [3.8, 4) is 11.5 Å². The molecule has 2 aromatic carbocycles. The first-order valence-electron chi connectivity index (χ1n) is 12.3. The number of pyridine rings is 1. The Bertz CT molecular complexity index is 1590. The molecule has 0 bridgehead atoms. The fraction of sp³-hybridized carbons (Fsp3) is 0.172. The highest BCUT2D eigenvalue weighted by molar-refractivity contribution is 7.80. The van der Waals surface area contributed by atoms with E-state index in [0.29, 0.717) is 24.5 Å². The summed E-state index contributed by atoms with van der Waals surface area (Å²) < 4.78 is 21.8. The fourth-order valence-corrected chi connectivity index (χ4v) is 5.59. The molecule has 39 heavy (non-hydrogen) atoms. The second-order valence-electron chi connectivity index (χ2n) is 8.99. The van der Waals surface area contributed by atoms with Crippen LogP contribution >= 0.6 is 23.6 Å². The molecule has 0 unspecified atom stereocenters. The zero-order chi connectivity index (χ0) is 27.4. The molecule has 1 aliphatic heterocycles. The summed E-state index contributed by atoms with van der Waals surface area (Å²) in [6, 6.07) is 17.4. The Morgan fingerprint density at radius 3 is 2.67 bits per heavy atom. The van der Waals surface area contributed by atoms with Crippen LogP contribution < -0.4 is 15.4 Å². The number of hydrogen-bond donors (Lipinski definition) is 2. The van der Waals surface area contributed by atoms with Gasteiger partial charge in [-0.25, -0.2) is 4.39 Å². The molecule has 198 valence electrons. The Hall–Kier alpha value is -4.15.